The summed E-state index contributed by atoms with van der Waals surface area (Å²) in [4.78, 5) is 28.9. The molecule has 0 unspecified atom stereocenters. The van der Waals surface area contributed by atoms with E-state index in [2.05, 4.69) is 5.32 Å². The van der Waals surface area contributed by atoms with Crippen molar-refractivity contribution in [2.45, 2.75) is 39.3 Å². The van der Waals surface area contributed by atoms with Crippen LogP contribution in [0.2, 0.25) is 10.0 Å². The van der Waals surface area contributed by atoms with Crippen molar-refractivity contribution in [3.8, 4) is 5.75 Å². The highest BCUT2D eigenvalue weighted by Gasteiger charge is 2.30. The van der Waals surface area contributed by atoms with Gasteiger partial charge in [-0.25, -0.2) is 0 Å². The van der Waals surface area contributed by atoms with Crippen LogP contribution in [0.5, 0.6) is 5.75 Å². The van der Waals surface area contributed by atoms with Crippen LogP contribution in [0, 0.1) is 5.92 Å². The monoisotopic (exact) mass is 526 g/mol. The first-order valence-corrected chi connectivity index (χ1v) is 12.7. The minimum absolute atomic E-state index is 0.0869. The summed E-state index contributed by atoms with van der Waals surface area (Å²) in [6.45, 7) is 4.86. The number of halogens is 2. The van der Waals surface area contributed by atoms with Crippen molar-refractivity contribution in [3.63, 3.8) is 0 Å². The van der Waals surface area contributed by atoms with Gasteiger partial charge in [-0.2, -0.15) is 0 Å². The van der Waals surface area contributed by atoms with Gasteiger partial charge in [0.2, 0.25) is 11.8 Å². The number of rotatable bonds is 11. The summed E-state index contributed by atoms with van der Waals surface area (Å²) in [5.41, 5.74) is 2.57. The van der Waals surface area contributed by atoms with Crippen LogP contribution < -0.4 is 10.1 Å². The van der Waals surface area contributed by atoms with Crippen LogP contribution in [0.3, 0.4) is 0 Å². The Labute approximate surface area is 223 Å². The van der Waals surface area contributed by atoms with E-state index in [9.17, 15) is 9.59 Å². The molecule has 3 rings (SSSR count). The molecule has 2 amide bonds. The maximum Gasteiger partial charge on any atom is 0.243 e. The summed E-state index contributed by atoms with van der Waals surface area (Å²) >= 11 is 12.3. The van der Waals surface area contributed by atoms with Crippen molar-refractivity contribution in [3.05, 3.63) is 99.5 Å². The Bertz CT molecular complexity index is 1170. The molecule has 0 aliphatic carbocycles. The highest BCUT2D eigenvalue weighted by molar-refractivity contribution is 6.42. The second-order valence-electron chi connectivity index (χ2n) is 9.14. The van der Waals surface area contributed by atoms with Gasteiger partial charge in [-0.05, 0) is 46.9 Å². The smallest absolute Gasteiger partial charge is 0.243 e. The highest BCUT2D eigenvalue weighted by Crippen LogP contribution is 2.24. The van der Waals surface area contributed by atoms with Gasteiger partial charge in [0.1, 0.15) is 11.8 Å². The van der Waals surface area contributed by atoms with Gasteiger partial charge in [-0.15, -0.1) is 0 Å². The van der Waals surface area contributed by atoms with Crippen LogP contribution >= 0.6 is 23.2 Å². The van der Waals surface area contributed by atoms with Crippen molar-refractivity contribution in [2.24, 2.45) is 5.92 Å². The summed E-state index contributed by atoms with van der Waals surface area (Å²) in [7, 11) is 1.60. The summed E-state index contributed by atoms with van der Waals surface area (Å²) in [6, 6.07) is 21.7. The maximum absolute atomic E-state index is 13.8. The Kier molecular flexibility index (Phi) is 10.2. The second kappa shape index (κ2) is 13.3. The van der Waals surface area contributed by atoms with Gasteiger partial charge in [0, 0.05) is 19.5 Å². The molecule has 0 fully saturated rings. The van der Waals surface area contributed by atoms with E-state index in [4.69, 9.17) is 27.9 Å². The minimum atomic E-state index is -0.701. The lowest BCUT2D eigenvalue weighted by atomic mass is 10.0. The molecule has 1 N–H and O–H groups in total. The molecule has 0 saturated heterocycles. The largest absolute Gasteiger partial charge is 0.497 e. The fourth-order valence-corrected chi connectivity index (χ4v) is 4.19. The highest BCUT2D eigenvalue weighted by atomic mass is 35.5. The van der Waals surface area contributed by atoms with E-state index >= 15 is 0 Å². The molecule has 0 aromatic heterocycles. The molecule has 0 saturated carbocycles. The van der Waals surface area contributed by atoms with E-state index in [-0.39, 0.29) is 30.7 Å². The van der Waals surface area contributed by atoms with Crippen molar-refractivity contribution in [1.82, 2.24) is 10.2 Å². The molecule has 190 valence electrons. The number of methoxy groups -OCH3 is 1. The molecule has 0 spiro atoms. The number of amides is 2. The summed E-state index contributed by atoms with van der Waals surface area (Å²) in [5, 5.41) is 3.84. The lowest BCUT2D eigenvalue weighted by molar-refractivity contribution is -0.140. The second-order valence-corrected chi connectivity index (χ2v) is 9.96. The van der Waals surface area contributed by atoms with Gasteiger partial charge in [-0.1, -0.05) is 85.6 Å². The third kappa shape index (κ3) is 8.00. The predicted molar refractivity (Wildman–Crippen MR) is 145 cm³/mol. The van der Waals surface area contributed by atoms with E-state index in [1.165, 1.54) is 0 Å². The number of hydrogen-bond acceptors (Lipinski definition) is 3. The normalized spacial score (nSPS) is 11.7. The summed E-state index contributed by atoms with van der Waals surface area (Å²) in [5.74, 6) is 0.605. The van der Waals surface area contributed by atoms with E-state index < -0.39 is 6.04 Å². The van der Waals surface area contributed by atoms with Crippen LogP contribution in [-0.4, -0.2) is 36.4 Å². The molecule has 3 aromatic carbocycles. The van der Waals surface area contributed by atoms with Crippen LogP contribution in [0.25, 0.3) is 0 Å². The molecule has 0 bridgehead atoms. The third-order valence-corrected chi connectivity index (χ3v) is 6.52. The molecule has 1 atom stereocenters. The molecular weight excluding hydrogens is 495 g/mol. The fraction of sp³-hybridized carbons (Fsp3) is 0.310. The average molecular weight is 527 g/mol. The molecular formula is C29H32Cl2N2O3. The third-order valence-electron chi connectivity index (χ3n) is 5.78. The van der Waals surface area contributed by atoms with Gasteiger partial charge in [-0.3, -0.25) is 9.59 Å². The summed E-state index contributed by atoms with van der Waals surface area (Å²) in [6.07, 6.45) is 0.478. The van der Waals surface area contributed by atoms with Crippen LogP contribution in [-0.2, 0) is 29.0 Å². The van der Waals surface area contributed by atoms with Gasteiger partial charge in [0.15, 0.2) is 0 Å². The lowest BCUT2D eigenvalue weighted by Crippen LogP contribution is -2.51. The topological polar surface area (TPSA) is 58.6 Å². The Balaban J connectivity index is 1.98. The Morgan fingerprint density at radius 1 is 0.889 bits per heavy atom. The Hall–Kier alpha value is -3.02. The Morgan fingerprint density at radius 3 is 2.28 bits per heavy atom. The molecule has 0 heterocycles. The van der Waals surface area contributed by atoms with E-state index in [1.807, 2.05) is 68.4 Å². The molecule has 36 heavy (non-hydrogen) atoms. The number of benzene rings is 3. The van der Waals surface area contributed by atoms with Crippen LogP contribution in [0.4, 0.5) is 0 Å². The SMILES string of the molecule is COc1cccc(CN(C(=O)Cc2ccc(Cl)c(Cl)c2)[C@@H](Cc2ccccc2)C(=O)NCC(C)C)c1. The number of nitrogens with zero attached hydrogens (tertiary/aromatic N) is 1. The van der Waals surface area contributed by atoms with Gasteiger partial charge < -0.3 is 15.0 Å². The van der Waals surface area contributed by atoms with E-state index in [0.29, 0.717) is 28.8 Å². The van der Waals surface area contributed by atoms with E-state index in [0.717, 1.165) is 16.7 Å². The van der Waals surface area contributed by atoms with Gasteiger partial charge in [0.25, 0.3) is 0 Å². The zero-order chi connectivity index (χ0) is 26.1. The molecule has 0 aliphatic heterocycles. The zero-order valence-corrected chi connectivity index (χ0v) is 22.4. The molecule has 3 aromatic rings. The molecule has 0 radical (unpaired) electrons. The average Bonchev–Trinajstić information content (AvgIpc) is 2.87. The molecule has 7 heteroatoms. The van der Waals surface area contributed by atoms with E-state index in [1.54, 1.807) is 30.2 Å². The minimum Gasteiger partial charge on any atom is -0.497 e. The molecule has 0 aliphatic rings. The number of ether oxygens (including phenoxy) is 1. The molecule has 5 nitrogen and oxygen atoms in total. The van der Waals surface area contributed by atoms with Crippen LogP contribution in [0.1, 0.15) is 30.5 Å². The fourth-order valence-electron chi connectivity index (χ4n) is 3.87. The first-order valence-electron chi connectivity index (χ1n) is 11.9. The lowest BCUT2D eigenvalue weighted by Gasteiger charge is -2.32. The van der Waals surface area contributed by atoms with Crippen molar-refractivity contribution < 1.29 is 14.3 Å². The Morgan fingerprint density at radius 2 is 1.61 bits per heavy atom. The summed E-state index contributed by atoms with van der Waals surface area (Å²) < 4.78 is 5.38. The number of carbonyl (C=O) groups is 2. The zero-order valence-electron chi connectivity index (χ0n) is 20.8. The van der Waals surface area contributed by atoms with Crippen molar-refractivity contribution >= 4 is 35.0 Å². The first kappa shape index (κ1) is 27.6. The van der Waals surface area contributed by atoms with Crippen molar-refractivity contribution in [2.75, 3.05) is 13.7 Å². The first-order chi connectivity index (χ1) is 17.3. The van der Waals surface area contributed by atoms with Crippen LogP contribution in [0.15, 0.2) is 72.8 Å². The quantitative estimate of drug-likeness (QED) is 0.335. The van der Waals surface area contributed by atoms with Gasteiger partial charge >= 0.3 is 0 Å². The van der Waals surface area contributed by atoms with Crippen molar-refractivity contribution in [1.29, 1.82) is 0 Å². The number of hydrogen-bond donors (Lipinski definition) is 1. The predicted octanol–water partition coefficient (Wildman–Crippen LogP) is 5.96. The number of nitrogens with one attached hydrogen (secondary N) is 1. The van der Waals surface area contributed by atoms with Gasteiger partial charge in [0.05, 0.1) is 23.6 Å². The number of carbonyl (C=O) groups excluding carboxylic acids is 2. The standard InChI is InChI=1S/C29H32Cl2N2O3/c1-20(2)18-32-29(35)27(16-21-8-5-4-6-9-21)33(19-23-10-7-11-24(14-23)36-3)28(34)17-22-12-13-25(30)26(31)15-22/h4-15,20,27H,16-19H2,1-3H3,(H,32,35)/t27-/m0/s1. The maximum atomic E-state index is 13.8.